The molecular weight excluding hydrogens is 426 g/mol. The van der Waals surface area contributed by atoms with Crippen molar-refractivity contribution in [2.45, 2.75) is 57.3 Å². The van der Waals surface area contributed by atoms with Gasteiger partial charge in [-0.05, 0) is 25.0 Å². The number of hydrogen-bond donors (Lipinski definition) is 2. The van der Waals surface area contributed by atoms with Crippen LogP contribution in [0.3, 0.4) is 0 Å². The molecule has 0 saturated heterocycles. The number of fused-ring (bicyclic) bond motifs is 4. The fraction of sp³-hybridized carbons (Fsp3) is 0.480. The van der Waals surface area contributed by atoms with Gasteiger partial charge in [-0.3, -0.25) is 10.1 Å². The van der Waals surface area contributed by atoms with Gasteiger partial charge in [0.15, 0.2) is 23.4 Å². The van der Waals surface area contributed by atoms with Gasteiger partial charge in [0.1, 0.15) is 17.3 Å². The Morgan fingerprint density at radius 3 is 2.70 bits per heavy atom. The number of ketones is 1. The minimum Gasteiger partial charge on any atom is -0.481 e. The van der Waals surface area contributed by atoms with E-state index in [0.717, 1.165) is 12.8 Å². The van der Waals surface area contributed by atoms with Crippen molar-refractivity contribution >= 4 is 23.5 Å². The highest BCUT2D eigenvalue weighted by atomic mass is 16.6. The molecule has 8 heteroatoms. The predicted octanol–water partition coefficient (Wildman–Crippen LogP) is 3.47. The lowest BCUT2D eigenvalue weighted by atomic mass is 9.48. The third-order valence-corrected chi connectivity index (χ3v) is 8.00. The average Bonchev–Trinajstić information content (AvgIpc) is 3.03. The number of benzene rings is 1. The Kier molecular flexibility index (Phi) is 4.90. The van der Waals surface area contributed by atoms with E-state index < -0.39 is 52.9 Å². The normalized spacial score (nSPS) is 37.4. The number of nitrogens with one attached hydrogen (secondary N) is 1. The largest absolute Gasteiger partial charge is 0.481 e. The Hall–Kier alpha value is -3.13. The first kappa shape index (κ1) is 21.7. The van der Waals surface area contributed by atoms with Crippen LogP contribution in [0.1, 0.15) is 39.5 Å². The Labute approximate surface area is 191 Å². The fourth-order valence-electron chi connectivity index (χ4n) is 6.20. The number of carbonyl (C=O) groups excluding carboxylic acids is 3. The zero-order valence-electron chi connectivity index (χ0n) is 18.6. The lowest BCUT2D eigenvalue weighted by Gasteiger charge is -2.59. The van der Waals surface area contributed by atoms with E-state index in [0.29, 0.717) is 18.5 Å². The molecule has 174 valence electrons. The van der Waals surface area contributed by atoms with Crippen LogP contribution in [-0.2, 0) is 23.8 Å². The van der Waals surface area contributed by atoms with Gasteiger partial charge in [-0.15, -0.1) is 0 Å². The van der Waals surface area contributed by atoms with E-state index in [1.807, 2.05) is 13.0 Å². The van der Waals surface area contributed by atoms with E-state index in [1.165, 1.54) is 0 Å². The molecule has 5 rings (SSSR count). The van der Waals surface area contributed by atoms with Gasteiger partial charge in [-0.2, -0.15) is 0 Å². The maximum atomic E-state index is 13.8. The Bertz CT molecular complexity index is 1080. The highest BCUT2D eigenvalue weighted by molar-refractivity contribution is 6.22. The van der Waals surface area contributed by atoms with Crippen LogP contribution >= 0.6 is 0 Å². The smallest absolute Gasteiger partial charge is 0.412 e. The van der Waals surface area contributed by atoms with Gasteiger partial charge < -0.3 is 19.3 Å². The highest BCUT2D eigenvalue weighted by Gasteiger charge is 2.70. The molecule has 2 saturated carbocycles. The molecule has 2 N–H and O–H groups in total. The second-order valence-electron chi connectivity index (χ2n) is 9.61. The summed E-state index contributed by atoms with van der Waals surface area (Å²) in [6, 6.07) is 8.85. The monoisotopic (exact) mass is 453 g/mol. The van der Waals surface area contributed by atoms with Crippen LogP contribution in [0, 0.1) is 17.3 Å². The van der Waals surface area contributed by atoms with Gasteiger partial charge in [-0.25, -0.2) is 9.59 Å². The quantitative estimate of drug-likeness (QED) is 0.521. The molecule has 4 aliphatic rings. The minimum absolute atomic E-state index is 0.0233. The molecule has 2 bridgehead atoms. The first-order chi connectivity index (χ1) is 15.7. The Balaban J connectivity index is 1.57. The zero-order chi connectivity index (χ0) is 23.5. The molecule has 2 aliphatic heterocycles. The summed E-state index contributed by atoms with van der Waals surface area (Å²) in [6.45, 7) is 7.34. The summed E-state index contributed by atoms with van der Waals surface area (Å²) >= 11 is 0. The van der Waals surface area contributed by atoms with Crippen molar-refractivity contribution in [3.63, 3.8) is 0 Å². The van der Waals surface area contributed by atoms with Crippen molar-refractivity contribution in [2.24, 2.45) is 17.3 Å². The Morgan fingerprint density at radius 1 is 1.24 bits per heavy atom. The van der Waals surface area contributed by atoms with Crippen LogP contribution in [-0.4, -0.2) is 40.8 Å². The number of hydrogen-bond acceptors (Lipinski definition) is 7. The van der Waals surface area contributed by atoms with Crippen molar-refractivity contribution < 1.29 is 33.7 Å². The summed E-state index contributed by atoms with van der Waals surface area (Å²) in [7, 11) is 0. The van der Waals surface area contributed by atoms with E-state index >= 15 is 0 Å². The number of para-hydroxylation sites is 1. The van der Waals surface area contributed by atoms with Crippen LogP contribution in [0.5, 0.6) is 0 Å². The summed E-state index contributed by atoms with van der Waals surface area (Å²) in [5.41, 5.74) is -2.21. The van der Waals surface area contributed by atoms with Gasteiger partial charge in [-0.1, -0.05) is 51.5 Å². The number of Topliss-reactive ketones (excluding diaryl/α,β-unsaturated/α-hetero) is 1. The molecule has 0 radical (unpaired) electrons. The molecule has 6 atom stereocenters. The predicted molar refractivity (Wildman–Crippen MR) is 117 cm³/mol. The van der Waals surface area contributed by atoms with Crippen molar-refractivity contribution in [3.8, 4) is 0 Å². The van der Waals surface area contributed by atoms with E-state index in [9.17, 15) is 19.5 Å². The second-order valence-corrected chi connectivity index (χ2v) is 9.61. The maximum Gasteiger partial charge on any atom is 0.412 e. The summed E-state index contributed by atoms with van der Waals surface area (Å²) in [5, 5.41) is 14.7. The molecule has 1 aromatic carbocycles. The number of carbonyl (C=O) groups is 3. The lowest BCUT2D eigenvalue weighted by Crippen LogP contribution is -2.70. The van der Waals surface area contributed by atoms with E-state index in [4.69, 9.17) is 14.2 Å². The fourth-order valence-corrected chi connectivity index (χ4v) is 6.20. The number of ether oxygens (including phenoxy) is 3. The van der Waals surface area contributed by atoms with Crippen molar-refractivity contribution in [2.75, 3.05) is 5.32 Å². The first-order valence-corrected chi connectivity index (χ1v) is 11.3. The molecule has 0 unspecified atom stereocenters. The molecule has 33 heavy (non-hydrogen) atoms. The number of amides is 1. The van der Waals surface area contributed by atoms with Crippen LogP contribution < -0.4 is 5.32 Å². The number of anilines is 1. The van der Waals surface area contributed by atoms with Crippen molar-refractivity contribution in [3.05, 3.63) is 54.0 Å². The van der Waals surface area contributed by atoms with Crippen LogP contribution in [0.2, 0.25) is 0 Å². The molecular formula is C25H27NO7. The third-order valence-electron chi connectivity index (χ3n) is 8.00. The van der Waals surface area contributed by atoms with Gasteiger partial charge in [0, 0.05) is 22.9 Å². The van der Waals surface area contributed by atoms with E-state index in [2.05, 4.69) is 11.9 Å². The maximum absolute atomic E-state index is 13.8. The summed E-state index contributed by atoms with van der Waals surface area (Å²) in [5.74, 6) is -2.24. The van der Waals surface area contributed by atoms with Gasteiger partial charge >= 0.3 is 12.1 Å². The molecule has 2 fully saturated rings. The van der Waals surface area contributed by atoms with Crippen molar-refractivity contribution in [1.29, 1.82) is 0 Å². The van der Waals surface area contributed by atoms with Gasteiger partial charge in [0.2, 0.25) is 0 Å². The summed E-state index contributed by atoms with van der Waals surface area (Å²) in [6.07, 6.45) is -0.205. The standard InChI is InChI=1S/C25H27NO7/c1-13-18-21(33-23(29)26-15-9-5-4-6-10-15)25(30)12-8-7-11-16(25)24(13,3)20(27)17-19(32-18)14(2)31-22(17)28/h4-6,9-10,13,16,18,21,30H,2,7-8,11-12H2,1,3H3,(H,26,29)/t13-,16+,18+,21-,24-,25+/m1/s1. The van der Waals surface area contributed by atoms with Crippen LogP contribution in [0.25, 0.3) is 0 Å². The first-order valence-electron chi connectivity index (χ1n) is 11.3. The van der Waals surface area contributed by atoms with Crippen LogP contribution in [0.4, 0.5) is 10.5 Å². The van der Waals surface area contributed by atoms with Crippen molar-refractivity contribution in [1.82, 2.24) is 0 Å². The number of esters is 1. The Morgan fingerprint density at radius 2 is 1.97 bits per heavy atom. The summed E-state index contributed by atoms with van der Waals surface area (Å²) in [4.78, 5) is 39.2. The molecule has 2 aliphatic carbocycles. The molecule has 0 aromatic heterocycles. The molecule has 1 aromatic rings. The third kappa shape index (κ3) is 3.04. The number of cyclic esters (lactones) is 1. The molecule has 0 spiro atoms. The van der Waals surface area contributed by atoms with E-state index in [1.54, 1.807) is 31.2 Å². The lowest BCUT2D eigenvalue weighted by molar-refractivity contribution is -0.245. The van der Waals surface area contributed by atoms with Gasteiger partial charge in [0.25, 0.3) is 0 Å². The topological polar surface area (TPSA) is 111 Å². The van der Waals surface area contributed by atoms with Crippen LogP contribution in [0.15, 0.2) is 54.0 Å². The second kappa shape index (κ2) is 7.45. The molecule has 8 nitrogen and oxygen atoms in total. The minimum atomic E-state index is -1.49. The van der Waals surface area contributed by atoms with Gasteiger partial charge in [0.05, 0.1) is 0 Å². The highest BCUT2D eigenvalue weighted by Crippen LogP contribution is 2.60. The average molecular weight is 453 g/mol. The number of rotatable bonds is 2. The van der Waals surface area contributed by atoms with E-state index in [-0.39, 0.29) is 17.1 Å². The molecule has 2 heterocycles. The summed E-state index contributed by atoms with van der Waals surface area (Å²) < 4.78 is 17.1. The number of aliphatic hydroxyl groups is 1. The molecule has 1 amide bonds. The SMILES string of the molecule is C=C1OC(=O)C2=C1O[C@@H]1[C@@H](OC(=O)Nc3ccccc3)[C@]3(O)CCCC[C@H]3[C@](C)(C2=O)[C@@H]1C. The zero-order valence-corrected chi connectivity index (χ0v) is 18.6.